The summed E-state index contributed by atoms with van der Waals surface area (Å²) >= 11 is 0. The summed E-state index contributed by atoms with van der Waals surface area (Å²) in [6, 6.07) is 8.29. The Hall–Kier alpha value is -3.16. The number of carbonyl (C=O) groups excluding carboxylic acids is 1. The number of rotatable bonds is 10. The number of nitrogen functional groups attached to an aromatic ring is 1. The van der Waals surface area contributed by atoms with E-state index in [1.54, 1.807) is 37.3 Å². The Bertz CT molecular complexity index is 1400. The molecule has 2 aromatic heterocycles. The fourth-order valence-electron chi connectivity index (χ4n) is 5.17. The molecule has 0 spiro atoms. The topological polar surface area (TPSA) is 172 Å². The van der Waals surface area contributed by atoms with Crippen LogP contribution in [-0.4, -0.2) is 67.3 Å². The number of nitrogens with zero attached hydrogens (tertiary/aromatic N) is 4. The van der Waals surface area contributed by atoms with Crippen LogP contribution in [0.15, 0.2) is 42.9 Å². The maximum Gasteiger partial charge on any atom is 0.459 e. The molecule has 1 saturated carbocycles. The average Bonchev–Trinajstić information content (AvgIpc) is 3.62. The van der Waals surface area contributed by atoms with Crippen LogP contribution in [0.5, 0.6) is 5.75 Å². The Morgan fingerprint density at radius 1 is 1.30 bits per heavy atom. The first-order valence-corrected chi connectivity index (χ1v) is 14.6. The number of alkyl halides is 1. The quantitative estimate of drug-likeness (QED) is 0.238. The van der Waals surface area contributed by atoms with Crippen LogP contribution < -0.4 is 15.3 Å². The number of nitrogens with one attached hydrogen (secondary N) is 1. The van der Waals surface area contributed by atoms with Gasteiger partial charge in [0.1, 0.15) is 35.9 Å². The molecule has 2 fully saturated rings. The van der Waals surface area contributed by atoms with Crippen molar-refractivity contribution >= 4 is 25.2 Å². The number of benzene rings is 1. The van der Waals surface area contributed by atoms with Crippen LogP contribution >= 0.6 is 7.75 Å². The number of ether oxygens (including phenoxy) is 2. The molecule has 216 valence electrons. The van der Waals surface area contributed by atoms with Gasteiger partial charge in [0.05, 0.1) is 25.1 Å². The van der Waals surface area contributed by atoms with Crippen molar-refractivity contribution in [1.82, 2.24) is 24.7 Å². The maximum atomic E-state index is 15.9. The molecule has 3 aromatic rings. The van der Waals surface area contributed by atoms with Crippen molar-refractivity contribution in [1.29, 1.82) is 0 Å². The van der Waals surface area contributed by atoms with Crippen LogP contribution in [0.1, 0.15) is 51.3 Å². The highest BCUT2D eigenvalue weighted by Gasteiger charge is 2.57. The molecule has 1 aliphatic heterocycles. The Labute approximate surface area is 229 Å². The van der Waals surface area contributed by atoms with E-state index in [-0.39, 0.29) is 29.5 Å². The van der Waals surface area contributed by atoms with Crippen molar-refractivity contribution < 1.29 is 37.4 Å². The molecule has 1 aliphatic carbocycles. The number of esters is 1. The first kappa shape index (κ1) is 28.4. The molecule has 3 heterocycles. The van der Waals surface area contributed by atoms with Crippen molar-refractivity contribution in [3.8, 4) is 5.75 Å². The highest BCUT2D eigenvalue weighted by atomic mass is 31.2. The fraction of sp³-hybridized carbons (Fsp3) is 0.520. The van der Waals surface area contributed by atoms with E-state index in [1.165, 1.54) is 24.0 Å². The monoisotopic (exact) mass is 578 g/mol. The molecule has 0 bridgehead atoms. The number of aliphatic hydroxyl groups excluding tert-OH is 1. The second-order valence-corrected chi connectivity index (χ2v) is 11.7. The van der Waals surface area contributed by atoms with Gasteiger partial charge < -0.3 is 24.8 Å². The predicted molar refractivity (Wildman–Crippen MR) is 140 cm³/mol. The third-order valence-corrected chi connectivity index (χ3v) is 8.87. The first-order chi connectivity index (χ1) is 19.1. The molecule has 1 unspecified atom stereocenters. The zero-order valence-corrected chi connectivity index (χ0v) is 23.0. The van der Waals surface area contributed by atoms with Crippen LogP contribution in [0.25, 0.3) is 5.65 Å². The number of halogens is 1. The van der Waals surface area contributed by atoms with Gasteiger partial charge in [0.25, 0.3) is 0 Å². The van der Waals surface area contributed by atoms with Gasteiger partial charge in [-0.2, -0.15) is 10.2 Å². The maximum absolute atomic E-state index is 15.9. The molecule has 2 aliphatic rings. The van der Waals surface area contributed by atoms with E-state index in [4.69, 9.17) is 24.3 Å². The minimum absolute atomic E-state index is 0.0905. The zero-order valence-electron chi connectivity index (χ0n) is 22.1. The lowest BCUT2D eigenvalue weighted by molar-refractivity contribution is -0.150. The molecule has 0 amide bonds. The van der Waals surface area contributed by atoms with Gasteiger partial charge in [-0.1, -0.05) is 31.0 Å². The van der Waals surface area contributed by atoms with E-state index in [1.807, 2.05) is 0 Å². The van der Waals surface area contributed by atoms with Gasteiger partial charge in [-0.05, 0) is 38.8 Å². The Morgan fingerprint density at radius 2 is 2.02 bits per heavy atom. The first-order valence-electron chi connectivity index (χ1n) is 13.0. The summed E-state index contributed by atoms with van der Waals surface area (Å²) in [4.78, 5) is 21.0. The number of carbonyl (C=O) groups is 1. The van der Waals surface area contributed by atoms with Crippen LogP contribution in [-0.2, 0) is 23.4 Å². The number of imidazole rings is 1. The Balaban J connectivity index is 1.39. The zero-order chi connectivity index (χ0) is 28.5. The van der Waals surface area contributed by atoms with Gasteiger partial charge >= 0.3 is 13.7 Å². The molecule has 5 atom stereocenters. The van der Waals surface area contributed by atoms with E-state index >= 15 is 4.39 Å². The number of para-hydroxylation sites is 1. The number of hydrogen-bond acceptors (Lipinski definition) is 11. The fourth-order valence-corrected chi connectivity index (χ4v) is 6.91. The molecular formula is C25H32FN6O7P. The normalized spacial score (nSPS) is 27.4. The molecule has 40 heavy (non-hydrogen) atoms. The van der Waals surface area contributed by atoms with Crippen molar-refractivity contribution in [2.45, 2.75) is 69.1 Å². The molecular weight excluding hydrogens is 546 g/mol. The molecule has 1 saturated heterocycles. The lowest BCUT2D eigenvalue weighted by Crippen LogP contribution is -2.50. The van der Waals surface area contributed by atoms with Crippen molar-refractivity contribution in [3.05, 3.63) is 48.5 Å². The van der Waals surface area contributed by atoms with Crippen LogP contribution in [0, 0.1) is 0 Å². The third kappa shape index (κ3) is 5.29. The van der Waals surface area contributed by atoms with E-state index in [0.29, 0.717) is 25.7 Å². The average molecular weight is 579 g/mol. The van der Waals surface area contributed by atoms with E-state index in [0.717, 1.165) is 0 Å². The number of aliphatic hydroxyl groups is 1. The molecule has 13 nitrogen and oxygen atoms in total. The van der Waals surface area contributed by atoms with Crippen LogP contribution in [0.2, 0.25) is 0 Å². The highest BCUT2D eigenvalue weighted by Crippen LogP contribution is 2.51. The van der Waals surface area contributed by atoms with Crippen molar-refractivity contribution in [3.63, 3.8) is 0 Å². The summed E-state index contributed by atoms with van der Waals surface area (Å²) < 4.78 is 54.1. The second kappa shape index (κ2) is 11.0. The molecule has 15 heteroatoms. The van der Waals surface area contributed by atoms with Crippen LogP contribution in [0.3, 0.4) is 0 Å². The smallest absolute Gasteiger partial charge is 0.459 e. The van der Waals surface area contributed by atoms with Crippen LogP contribution in [0.4, 0.5) is 10.2 Å². The number of anilines is 1. The number of hydrogen-bond donors (Lipinski definition) is 3. The van der Waals surface area contributed by atoms with Gasteiger partial charge in [0.15, 0.2) is 17.1 Å². The summed E-state index contributed by atoms with van der Waals surface area (Å²) in [5.41, 5.74) is 2.65. The Kier molecular flexibility index (Phi) is 7.81. The summed E-state index contributed by atoms with van der Waals surface area (Å²) in [5.74, 6) is -0.248. The highest BCUT2D eigenvalue weighted by molar-refractivity contribution is 7.52. The van der Waals surface area contributed by atoms with Crippen molar-refractivity contribution in [2.75, 3.05) is 18.9 Å². The molecule has 5 rings (SSSR count). The molecule has 4 N–H and O–H groups in total. The second-order valence-electron chi connectivity index (χ2n) is 10.0. The lowest BCUT2D eigenvalue weighted by atomic mass is 9.93. The Morgan fingerprint density at radius 3 is 2.73 bits per heavy atom. The van der Waals surface area contributed by atoms with Gasteiger partial charge in [0, 0.05) is 0 Å². The summed E-state index contributed by atoms with van der Waals surface area (Å²) in [7, 11) is -4.30. The number of fused-ring (bicyclic) bond motifs is 1. The van der Waals surface area contributed by atoms with E-state index < -0.39 is 49.8 Å². The summed E-state index contributed by atoms with van der Waals surface area (Å²) in [6.07, 6.45) is 0.414. The largest absolute Gasteiger partial charge is 0.465 e. The minimum atomic E-state index is -4.30. The van der Waals surface area contributed by atoms with Gasteiger partial charge in [0.2, 0.25) is 0 Å². The van der Waals surface area contributed by atoms with E-state index in [9.17, 15) is 14.5 Å². The molecule has 0 radical (unpaired) electrons. The lowest BCUT2D eigenvalue weighted by Gasteiger charge is -2.32. The summed E-state index contributed by atoms with van der Waals surface area (Å²) in [6.45, 7) is 2.48. The summed E-state index contributed by atoms with van der Waals surface area (Å²) in [5, 5.41) is 17.8. The predicted octanol–water partition coefficient (Wildman–Crippen LogP) is 2.90. The van der Waals surface area contributed by atoms with Gasteiger partial charge in [-0.15, -0.1) is 0 Å². The third-order valence-electron chi connectivity index (χ3n) is 7.23. The SMILES string of the molecule is CCOC(=O)C1(NP(=O)(OC[C@H]2O[C@@H](c3cnc4c(N)ncnn34)[C@](C)(F)[C@@H]2O)Oc2ccccc2)CCCC1. The standard InChI is InChI=1S/C25H32FN6O7P/c1-3-36-23(34)25(11-7-8-12-25)31-40(35,39-16-9-5-4-6-10-16)37-14-18-19(33)24(2,26)20(38-18)17-13-28-22-21(27)29-15-30-32(17)22/h4-6,9-10,13,15,18-20,33H,3,7-8,11-12,14H2,1-2H3,(H,31,35)(H2,27,29,30)/t18-,19-,20+,24-,40?/m1/s1. The number of nitrogens with two attached hydrogens (primary N) is 1. The van der Waals surface area contributed by atoms with Crippen molar-refractivity contribution in [2.24, 2.45) is 0 Å². The minimum Gasteiger partial charge on any atom is -0.465 e. The van der Waals surface area contributed by atoms with E-state index in [2.05, 4.69) is 20.2 Å². The van der Waals surface area contributed by atoms with Gasteiger partial charge in [-0.3, -0.25) is 9.32 Å². The molecule has 1 aromatic carbocycles. The van der Waals surface area contributed by atoms with Gasteiger partial charge in [-0.25, -0.2) is 23.4 Å². The number of aromatic nitrogens is 4.